The van der Waals surface area contributed by atoms with Crippen LogP contribution in [0.3, 0.4) is 0 Å². The highest BCUT2D eigenvalue weighted by Crippen LogP contribution is 2.26. The number of hydrogen-bond donors (Lipinski definition) is 2. The first-order chi connectivity index (χ1) is 9.36. The Morgan fingerprint density at radius 1 is 1.35 bits per heavy atom. The maximum atomic E-state index is 12.3. The molecule has 3 N–H and O–H groups in total. The van der Waals surface area contributed by atoms with Crippen molar-refractivity contribution < 1.29 is 13.2 Å². The van der Waals surface area contributed by atoms with E-state index in [4.69, 9.17) is 10.5 Å². The Labute approximate surface area is 121 Å². The number of anilines is 1. The Bertz CT molecular complexity index is 527. The molecule has 0 unspecified atom stereocenters. The van der Waals surface area contributed by atoms with Crippen LogP contribution in [0.2, 0.25) is 0 Å². The Hall–Kier alpha value is -1.27. The predicted molar refractivity (Wildman–Crippen MR) is 81.3 cm³/mol. The van der Waals surface area contributed by atoms with Gasteiger partial charge in [-0.25, -0.2) is 13.1 Å². The maximum absolute atomic E-state index is 12.3. The van der Waals surface area contributed by atoms with Crippen LogP contribution in [0.5, 0.6) is 5.75 Å². The molecule has 0 spiro atoms. The summed E-state index contributed by atoms with van der Waals surface area (Å²) in [4.78, 5) is 0.101. The molecule has 6 heteroatoms. The maximum Gasteiger partial charge on any atom is 0.244 e. The summed E-state index contributed by atoms with van der Waals surface area (Å²) in [5.74, 6) is 0.893. The number of hydrogen-bond acceptors (Lipinski definition) is 4. The highest BCUT2D eigenvalue weighted by Gasteiger charge is 2.19. The third-order valence-electron chi connectivity index (χ3n) is 2.81. The Morgan fingerprint density at radius 2 is 2.05 bits per heavy atom. The summed E-state index contributed by atoms with van der Waals surface area (Å²) in [7, 11) is -3.59. The van der Waals surface area contributed by atoms with Gasteiger partial charge in [-0.05, 0) is 43.9 Å². The van der Waals surface area contributed by atoms with E-state index in [9.17, 15) is 8.42 Å². The number of rotatable bonds is 8. The largest absolute Gasteiger partial charge is 0.492 e. The van der Waals surface area contributed by atoms with Crippen molar-refractivity contribution in [1.29, 1.82) is 0 Å². The molecular formula is C14H24N2O3S. The van der Waals surface area contributed by atoms with Crippen LogP contribution in [0.25, 0.3) is 0 Å². The molecule has 0 bridgehead atoms. The van der Waals surface area contributed by atoms with E-state index in [1.54, 1.807) is 12.1 Å². The average Bonchev–Trinajstić information content (AvgIpc) is 2.37. The van der Waals surface area contributed by atoms with Crippen LogP contribution in [0, 0.1) is 5.92 Å². The van der Waals surface area contributed by atoms with Crippen molar-refractivity contribution in [3.63, 3.8) is 0 Å². The smallest absolute Gasteiger partial charge is 0.244 e. The van der Waals surface area contributed by atoms with Gasteiger partial charge in [-0.1, -0.05) is 13.8 Å². The minimum absolute atomic E-state index is 0.101. The standard InChI is InChI=1S/C14H24N2O3S/c1-4-19-13-8-7-12(15)10-14(13)20(17,18)16-9-5-6-11(2)3/h7-8,10-11,16H,4-6,9,15H2,1-3H3. The fourth-order valence-electron chi connectivity index (χ4n) is 1.80. The number of sulfonamides is 1. The Kier molecular flexibility index (Phi) is 6.29. The molecule has 0 heterocycles. The predicted octanol–water partition coefficient (Wildman–Crippen LogP) is 2.38. The molecule has 20 heavy (non-hydrogen) atoms. The van der Waals surface area contributed by atoms with E-state index >= 15 is 0 Å². The molecular weight excluding hydrogens is 276 g/mol. The Balaban J connectivity index is 2.83. The Morgan fingerprint density at radius 3 is 2.65 bits per heavy atom. The summed E-state index contributed by atoms with van der Waals surface area (Å²) in [5, 5.41) is 0. The van der Waals surface area contributed by atoms with Crippen molar-refractivity contribution in [2.24, 2.45) is 5.92 Å². The summed E-state index contributed by atoms with van der Waals surface area (Å²) in [6.07, 6.45) is 1.79. The summed E-state index contributed by atoms with van der Waals surface area (Å²) < 4.78 is 32.5. The van der Waals surface area contributed by atoms with Crippen molar-refractivity contribution in [3.8, 4) is 5.75 Å². The van der Waals surface area contributed by atoms with Gasteiger partial charge in [-0.3, -0.25) is 0 Å². The molecule has 1 aromatic carbocycles. The zero-order valence-corrected chi connectivity index (χ0v) is 13.2. The highest BCUT2D eigenvalue weighted by atomic mass is 32.2. The second kappa shape index (κ2) is 7.50. The number of benzene rings is 1. The minimum Gasteiger partial charge on any atom is -0.492 e. The van der Waals surface area contributed by atoms with Crippen LogP contribution >= 0.6 is 0 Å². The topological polar surface area (TPSA) is 81.4 Å². The molecule has 0 amide bonds. The fourth-order valence-corrected chi connectivity index (χ4v) is 3.06. The lowest BCUT2D eigenvalue weighted by molar-refractivity contribution is 0.331. The van der Waals surface area contributed by atoms with Gasteiger partial charge in [0.1, 0.15) is 10.6 Å². The van der Waals surface area contributed by atoms with E-state index < -0.39 is 10.0 Å². The van der Waals surface area contributed by atoms with Gasteiger partial charge in [-0.15, -0.1) is 0 Å². The van der Waals surface area contributed by atoms with Crippen LogP contribution in [0.15, 0.2) is 23.1 Å². The molecule has 0 saturated heterocycles. The third-order valence-corrected chi connectivity index (χ3v) is 4.29. The van der Waals surface area contributed by atoms with E-state index in [2.05, 4.69) is 18.6 Å². The lowest BCUT2D eigenvalue weighted by atomic mass is 10.1. The molecule has 0 fully saturated rings. The third kappa shape index (κ3) is 5.02. The van der Waals surface area contributed by atoms with Crippen molar-refractivity contribution in [2.75, 3.05) is 18.9 Å². The molecule has 0 aliphatic heterocycles. The van der Waals surface area contributed by atoms with E-state index in [0.29, 0.717) is 30.5 Å². The first-order valence-corrected chi connectivity index (χ1v) is 8.37. The summed E-state index contributed by atoms with van der Waals surface area (Å²) in [6.45, 7) is 6.85. The zero-order chi connectivity index (χ0) is 15.2. The summed E-state index contributed by atoms with van der Waals surface area (Å²) in [5.41, 5.74) is 6.07. The van der Waals surface area contributed by atoms with Gasteiger partial charge >= 0.3 is 0 Å². The van der Waals surface area contributed by atoms with Gasteiger partial charge in [0.15, 0.2) is 0 Å². The molecule has 1 rings (SSSR count). The monoisotopic (exact) mass is 300 g/mol. The van der Waals surface area contributed by atoms with E-state index in [1.807, 2.05) is 6.92 Å². The van der Waals surface area contributed by atoms with Gasteiger partial charge in [0.25, 0.3) is 0 Å². The van der Waals surface area contributed by atoms with Crippen molar-refractivity contribution in [1.82, 2.24) is 4.72 Å². The van der Waals surface area contributed by atoms with Gasteiger partial charge < -0.3 is 10.5 Å². The van der Waals surface area contributed by atoms with Crippen LogP contribution in [-0.4, -0.2) is 21.6 Å². The molecule has 5 nitrogen and oxygen atoms in total. The first kappa shape index (κ1) is 16.8. The van der Waals surface area contributed by atoms with Crippen LogP contribution in [0.1, 0.15) is 33.6 Å². The van der Waals surface area contributed by atoms with Crippen molar-refractivity contribution >= 4 is 15.7 Å². The molecule has 0 aliphatic rings. The van der Waals surface area contributed by atoms with Gasteiger partial charge in [-0.2, -0.15) is 0 Å². The molecule has 0 aliphatic carbocycles. The SMILES string of the molecule is CCOc1ccc(N)cc1S(=O)(=O)NCCCC(C)C. The molecule has 0 atom stereocenters. The van der Waals surface area contributed by atoms with Gasteiger partial charge in [0.05, 0.1) is 6.61 Å². The number of nitrogens with two attached hydrogens (primary N) is 1. The molecule has 114 valence electrons. The van der Waals surface area contributed by atoms with Gasteiger partial charge in [0, 0.05) is 12.2 Å². The normalized spacial score (nSPS) is 11.8. The second-order valence-corrected chi connectivity index (χ2v) is 6.81. The number of nitrogen functional groups attached to an aromatic ring is 1. The van der Waals surface area contributed by atoms with E-state index in [1.165, 1.54) is 6.07 Å². The fraction of sp³-hybridized carbons (Fsp3) is 0.571. The van der Waals surface area contributed by atoms with Crippen LogP contribution in [-0.2, 0) is 10.0 Å². The molecule has 0 aromatic heterocycles. The quantitative estimate of drug-likeness (QED) is 0.570. The molecule has 0 saturated carbocycles. The lowest BCUT2D eigenvalue weighted by Crippen LogP contribution is -2.25. The van der Waals surface area contributed by atoms with Crippen LogP contribution in [0.4, 0.5) is 5.69 Å². The van der Waals surface area contributed by atoms with Crippen LogP contribution < -0.4 is 15.2 Å². The van der Waals surface area contributed by atoms with Gasteiger partial charge in [0.2, 0.25) is 10.0 Å². The van der Waals surface area contributed by atoms with E-state index in [0.717, 1.165) is 12.8 Å². The van der Waals surface area contributed by atoms with E-state index in [-0.39, 0.29) is 4.90 Å². The van der Waals surface area contributed by atoms with Crippen molar-refractivity contribution in [3.05, 3.63) is 18.2 Å². The average molecular weight is 300 g/mol. The first-order valence-electron chi connectivity index (χ1n) is 6.88. The summed E-state index contributed by atoms with van der Waals surface area (Å²) >= 11 is 0. The zero-order valence-electron chi connectivity index (χ0n) is 12.3. The molecule has 1 aromatic rings. The summed E-state index contributed by atoms with van der Waals surface area (Å²) in [6, 6.07) is 4.64. The second-order valence-electron chi connectivity index (χ2n) is 5.07. The highest BCUT2D eigenvalue weighted by molar-refractivity contribution is 7.89. The van der Waals surface area contributed by atoms with Crippen molar-refractivity contribution in [2.45, 2.75) is 38.5 Å². The number of ether oxygens (including phenoxy) is 1. The number of nitrogens with one attached hydrogen (secondary N) is 1. The minimum atomic E-state index is -3.59. The molecule has 0 radical (unpaired) electrons. The lowest BCUT2D eigenvalue weighted by Gasteiger charge is -2.13.